The van der Waals surface area contributed by atoms with Crippen LogP contribution in [0.25, 0.3) is 10.9 Å². The van der Waals surface area contributed by atoms with E-state index in [0.29, 0.717) is 0 Å². The van der Waals surface area contributed by atoms with Gasteiger partial charge in [-0.05, 0) is 42.9 Å². The zero-order valence-corrected chi connectivity index (χ0v) is 15.0. The lowest BCUT2D eigenvalue weighted by Gasteiger charge is -2.25. The number of aryl methyl sites for hydroxylation is 1. The fraction of sp³-hybridized carbons (Fsp3) is 0.261. The molecule has 1 aromatic heterocycles. The molecule has 1 aliphatic carbocycles. The Hall–Kier alpha value is -3.01. The average molecular weight is 356 g/mol. The van der Waals surface area contributed by atoms with E-state index in [4.69, 9.17) is 4.98 Å². The van der Waals surface area contributed by atoms with Crippen LogP contribution in [-0.2, 0) is 22.4 Å². The summed E-state index contributed by atoms with van der Waals surface area (Å²) >= 11 is 0. The summed E-state index contributed by atoms with van der Waals surface area (Å²) in [6.45, 7) is 0. The van der Waals surface area contributed by atoms with E-state index < -0.39 is 5.92 Å². The lowest BCUT2D eigenvalue weighted by molar-refractivity contribution is -0.121. The van der Waals surface area contributed by atoms with Crippen molar-refractivity contribution in [3.8, 4) is 0 Å². The van der Waals surface area contributed by atoms with Crippen LogP contribution in [0.5, 0.6) is 0 Å². The van der Waals surface area contributed by atoms with E-state index in [0.717, 1.165) is 59.1 Å². The first kappa shape index (κ1) is 16.2. The van der Waals surface area contributed by atoms with Crippen molar-refractivity contribution >= 4 is 28.4 Å². The first-order chi connectivity index (χ1) is 13.2. The van der Waals surface area contributed by atoms with Crippen LogP contribution in [0.4, 0.5) is 5.69 Å². The maximum Gasteiger partial charge on any atom is 0.241 e. The Bertz CT molecular complexity index is 1060. The van der Waals surface area contributed by atoms with Crippen LogP contribution in [0.3, 0.4) is 0 Å². The van der Waals surface area contributed by atoms with Gasteiger partial charge in [-0.2, -0.15) is 0 Å². The third-order valence-corrected chi connectivity index (χ3v) is 5.71. The first-order valence-corrected chi connectivity index (χ1v) is 9.56. The number of nitrogens with zero attached hydrogens (tertiary/aromatic N) is 2. The molecule has 2 heterocycles. The number of carbonyl (C=O) groups excluding carboxylic acids is 2. The summed E-state index contributed by atoms with van der Waals surface area (Å²) < 4.78 is 0. The minimum Gasteiger partial charge on any atom is -0.274 e. The summed E-state index contributed by atoms with van der Waals surface area (Å²) in [6, 6.07) is 17.5. The number of imide groups is 1. The third kappa shape index (κ3) is 2.55. The number of para-hydroxylation sites is 1. The van der Waals surface area contributed by atoms with E-state index >= 15 is 0 Å². The maximum atomic E-state index is 13.3. The predicted molar refractivity (Wildman–Crippen MR) is 105 cm³/mol. The summed E-state index contributed by atoms with van der Waals surface area (Å²) in [5, 5.41) is 0.897. The van der Waals surface area contributed by atoms with Crippen molar-refractivity contribution in [2.75, 3.05) is 4.90 Å². The zero-order chi connectivity index (χ0) is 18.4. The molecule has 0 spiro atoms. The van der Waals surface area contributed by atoms with E-state index in [-0.39, 0.29) is 18.2 Å². The van der Waals surface area contributed by atoms with E-state index in [9.17, 15) is 9.59 Å². The van der Waals surface area contributed by atoms with Gasteiger partial charge in [0.2, 0.25) is 11.8 Å². The van der Waals surface area contributed by atoms with Crippen LogP contribution in [0.2, 0.25) is 0 Å². The van der Waals surface area contributed by atoms with Crippen molar-refractivity contribution in [2.45, 2.75) is 38.0 Å². The van der Waals surface area contributed by atoms with E-state index in [1.54, 1.807) is 0 Å². The van der Waals surface area contributed by atoms with Gasteiger partial charge >= 0.3 is 0 Å². The number of aromatic nitrogens is 1. The van der Waals surface area contributed by atoms with Gasteiger partial charge in [0.05, 0.1) is 17.1 Å². The summed E-state index contributed by atoms with van der Waals surface area (Å²) in [5.41, 5.74) is 4.67. The quantitative estimate of drug-likeness (QED) is 0.648. The molecule has 5 rings (SSSR count). The number of anilines is 1. The molecule has 0 radical (unpaired) electrons. The molecule has 1 fully saturated rings. The minimum atomic E-state index is -0.398. The molecular weight excluding hydrogens is 336 g/mol. The minimum absolute atomic E-state index is 0.113. The second-order valence-electron chi connectivity index (χ2n) is 7.34. The smallest absolute Gasteiger partial charge is 0.241 e. The Kier molecular flexibility index (Phi) is 3.78. The van der Waals surface area contributed by atoms with Crippen LogP contribution >= 0.6 is 0 Å². The van der Waals surface area contributed by atoms with Gasteiger partial charge in [-0.15, -0.1) is 0 Å². The molecule has 0 bridgehead atoms. The van der Waals surface area contributed by atoms with Crippen LogP contribution in [0.15, 0.2) is 54.6 Å². The Morgan fingerprint density at radius 2 is 1.63 bits per heavy atom. The van der Waals surface area contributed by atoms with Crippen LogP contribution in [0, 0.1) is 0 Å². The first-order valence-electron chi connectivity index (χ1n) is 9.56. The fourth-order valence-electron chi connectivity index (χ4n) is 4.42. The van der Waals surface area contributed by atoms with Gasteiger partial charge in [0.15, 0.2) is 0 Å². The normalized spacial score (nSPS) is 19.6. The molecule has 27 heavy (non-hydrogen) atoms. The van der Waals surface area contributed by atoms with Gasteiger partial charge < -0.3 is 0 Å². The largest absolute Gasteiger partial charge is 0.274 e. The molecule has 4 nitrogen and oxygen atoms in total. The molecule has 1 atom stereocenters. The van der Waals surface area contributed by atoms with Crippen molar-refractivity contribution < 1.29 is 9.59 Å². The number of rotatable bonds is 2. The maximum absolute atomic E-state index is 13.3. The monoisotopic (exact) mass is 356 g/mol. The lowest BCUT2D eigenvalue weighted by atomic mass is 9.92. The van der Waals surface area contributed by atoms with Crippen molar-refractivity contribution in [1.29, 1.82) is 0 Å². The number of hydrogen-bond donors (Lipinski definition) is 0. The molecule has 2 aromatic carbocycles. The van der Waals surface area contributed by atoms with E-state index in [1.165, 1.54) is 4.90 Å². The Balaban J connectivity index is 1.69. The Morgan fingerprint density at radius 1 is 0.889 bits per heavy atom. The van der Waals surface area contributed by atoms with Gasteiger partial charge in [-0.3, -0.25) is 14.6 Å². The van der Waals surface area contributed by atoms with Gasteiger partial charge in [0.1, 0.15) is 0 Å². The predicted octanol–water partition coefficient (Wildman–Crippen LogP) is 4.16. The molecule has 1 aliphatic heterocycles. The zero-order valence-electron chi connectivity index (χ0n) is 15.0. The number of benzene rings is 2. The number of fused-ring (bicyclic) bond motifs is 2. The van der Waals surface area contributed by atoms with Crippen LogP contribution in [0.1, 0.15) is 42.0 Å². The molecule has 2 amide bonds. The number of carbonyl (C=O) groups is 2. The highest BCUT2D eigenvalue weighted by Gasteiger charge is 2.42. The summed E-state index contributed by atoms with van der Waals surface area (Å²) in [5.74, 6) is -0.627. The number of amides is 2. The van der Waals surface area contributed by atoms with Crippen molar-refractivity contribution in [3.05, 3.63) is 71.4 Å². The van der Waals surface area contributed by atoms with Gasteiger partial charge in [-0.1, -0.05) is 48.5 Å². The molecule has 0 N–H and O–H groups in total. The average Bonchev–Trinajstić information content (AvgIpc) is 3.01. The second-order valence-corrected chi connectivity index (χ2v) is 7.34. The molecule has 1 saturated heterocycles. The summed E-state index contributed by atoms with van der Waals surface area (Å²) in [6.07, 6.45) is 4.18. The molecule has 1 unspecified atom stereocenters. The van der Waals surface area contributed by atoms with E-state index in [2.05, 4.69) is 0 Å². The molecule has 134 valence electrons. The van der Waals surface area contributed by atoms with Crippen molar-refractivity contribution in [1.82, 2.24) is 4.98 Å². The standard InChI is InChI=1S/C23H20N2O2/c26-21-14-18(15-8-2-1-3-9-15)23(27)25(21)22-16-10-4-6-12-19(16)24-20-13-7-5-11-17(20)22/h1-4,6,8-10,12,18H,5,7,11,13-14H2. The second kappa shape index (κ2) is 6.31. The van der Waals surface area contributed by atoms with Gasteiger partial charge in [-0.25, -0.2) is 4.90 Å². The third-order valence-electron chi connectivity index (χ3n) is 5.71. The molecule has 4 heteroatoms. The van der Waals surface area contributed by atoms with Crippen LogP contribution in [-0.4, -0.2) is 16.8 Å². The topological polar surface area (TPSA) is 50.3 Å². The highest BCUT2D eigenvalue weighted by atomic mass is 16.2. The SMILES string of the molecule is O=C1CC(c2ccccc2)C(=O)N1c1c2c(nc3ccccc13)CCCC2. The number of pyridine rings is 1. The fourth-order valence-corrected chi connectivity index (χ4v) is 4.42. The molecule has 2 aliphatic rings. The van der Waals surface area contributed by atoms with E-state index in [1.807, 2.05) is 54.6 Å². The highest BCUT2D eigenvalue weighted by Crippen LogP contribution is 2.41. The summed E-state index contributed by atoms with van der Waals surface area (Å²) in [4.78, 5) is 32.6. The molecular formula is C23H20N2O2. The summed E-state index contributed by atoms with van der Waals surface area (Å²) in [7, 11) is 0. The Labute approximate surface area is 157 Å². The lowest BCUT2D eigenvalue weighted by Crippen LogP contribution is -2.32. The van der Waals surface area contributed by atoms with Gasteiger partial charge in [0, 0.05) is 17.5 Å². The Morgan fingerprint density at radius 3 is 2.48 bits per heavy atom. The highest BCUT2D eigenvalue weighted by molar-refractivity contribution is 6.25. The van der Waals surface area contributed by atoms with Gasteiger partial charge in [0.25, 0.3) is 0 Å². The number of hydrogen-bond acceptors (Lipinski definition) is 3. The van der Waals surface area contributed by atoms with Crippen molar-refractivity contribution in [2.24, 2.45) is 0 Å². The molecule has 0 saturated carbocycles. The van der Waals surface area contributed by atoms with Crippen LogP contribution < -0.4 is 4.90 Å². The van der Waals surface area contributed by atoms with Crippen molar-refractivity contribution in [3.63, 3.8) is 0 Å². The molecule has 3 aromatic rings.